The number of amides is 3. The van der Waals surface area contributed by atoms with Gasteiger partial charge in [-0.2, -0.15) is 0 Å². The van der Waals surface area contributed by atoms with E-state index >= 15 is 0 Å². The molecule has 164 valence electrons. The van der Waals surface area contributed by atoms with Crippen LogP contribution in [0.15, 0.2) is 29.6 Å². The lowest BCUT2D eigenvalue weighted by Gasteiger charge is -2.26. The number of benzene rings is 1. The van der Waals surface area contributed by atoms with Crippen molar-refractivity contribution in [2.24, 2.45) is 0 Å². The molecule has 0 radical (unpaired) electrons. The van der Waals surface area contributed by atoms with Gasteiger partial charge in [-0.1, -0.05) is 11.6 Å². The van der Waals surface area contributed by atoms with Crippen molar-refractivity contribution in [2.45, 2.75) is 25.3 Å². The highest BCUT2D eigenvalue weighted by Crippen LogP contribution is 2.28. The molecular formula is C21H23ClN4O4S. The Morgan fingerprint density at radius 1 is 1.19 bits per heavy atom. The zero-order valence-electron chi connectivity index (χ0n) is 16.9. The number of nitrogens with one attached hydrogen (secondary N) is 1. The van der Waals surface area contributed by atoms with Gasteiger partial charge in [0.25, 0.3) is 5.91 Å². The number of anilines is 1. The van der Waals surface area contributed by atoms with E-state index in [0.29, 0.717) is 47.7 Å². The fourth-order valence-corrected chi connectivity index (χ4v) is 4.20. The molecule has 2 heterocycles. The number of aromatic nitrogens is 1. The number of rotatable bonds is 7. The van der Waals surface area contributed by atoms with Crippen LogP contribution in [0.5, 0.6) is 0 Å². The maximum atomic E-state index is 12.8. The SMILES string of the molecule is O=C(CN(C(=O)c1ccc(Cl)cc1)C1CC1)Nc1nc(CC(=O)N2CCOCC2)cs1. The predicted molar refractivity (Wildman–Crippen MR) is 117 cm³/mol. The molecule has 1 saturated heterocycles. The van der Waals surface area contributed by atoms with Gasteiger partial charge in [0.05, 0.1) is 25.3 Å². The number of carbonyl (C=O) groups is 3. The van der Waals surface area contributed by atoms with Crippen LogP contribution in [0.1, 0.15) is 28.9 Å². The fraction of sp³-hybridized carbons (Fsp3) is 0.429. The number of carbonyl (C=O) groups excluding carboxylic acids is 3. The highest BCUT2D eigenvalue weighted by Gasteiger charge is 2.34. The largest absolute Gasteiger partial charge is 0.378 e. The van der Waals surface area contributed by atoms with Gasteiger partial charge in [0.1, 0.15) is 6.54 Å². The Labute approximate surface area is 189 Å². The number of ether oxygens (including phenoxy) is 1. The molecule has 0 unspecified atom stereocenters. The van der Waals surface area contributed by atoms with E-state index in [-0.39, 0.29) is 36.7 Å². The van der Waals surface area contributed by atoms with Crippen LogP contribution in [0.2, 0.25) is 5.02 Å². The summed E-state index contributed by atoms with van der Waals surface area (Å²) >= 11 is 7.17. The van der Waals surface area contributed by atoms with Crippen molar-refractivity contribution < 1.29 is 19.1 Å². The predicted octanol–water partition coefficient (Wildman–Crippen LogP) is 2.44. The van der Waals surface area contributed by atoms with E-state index in [0.717, 1.165) is 12.8 Å². The molecule has 1 saturated carbocycles. The van der Waals surface area contributed by atoms with Crippen LogP contribution in [-0.2, 0) is 20.7 Å². The van der Waals surface area contributed by atoms with Crippen molar-refractivity contribution >= 4 is 45.8 Å². The average Bonchev–Trinajstić information content (AvgIpc) is 3.53. The summed E-state index contributed by atoms with van der Waals surface area (Å²) in [6.45, 7) is 2.23. The van der Waals surface area contributed by atoms with E-state index in [1.165, 1.54) is 11.3 Å². The van der Waals surface area contributed by atoms with Crippen LogP contribution in [0.25, 0.3) is 0 Å². The van der Waals surface area contributed by atoms with Crippen molar-refractivity contribution in [3.05, 3.63) is 45.9 Å². The molecule has 0 spiro atoms. The maximum absolute atomic E-state index is 12.8. The third-order valence-corrected chi connectivity index (χ3v) is 6.21. The molecule has 0 bridgehead atoms. The number of thiazole rings is 1. The van der Waals surface area contributed by atoms with Gasteiger partial charge in [0.15, 0.2) is 5.13 Å². The molecule has 10 heteroatoms. The minimum absolute atomic E-state index is 0.0000498. The van der Waals surface area contributed by atoms with Crippen molar-refractivity contribution in [1.82, 2.24) is 14.8 Å². The second-order valence-corrected chi connectivity index (χ2v) is 8.83. The van der Waals surface area contributed by atoms with Gasteiger partial charge in [-0.25, -0.2) is 4.98 Å². The Morgan fingerprint density at radius 2 is 1.90 bits per heavy atom. The number of hydrogen-bond donors (Lipinski definition) is 1. The summed E-state index contributed by atoms with van der Waals surface area (Å²) in [6.07, 6.45) is 1.96. The minimum Gasteiger partial charge on any atom is -0.378 e. The van der Waals surface area contributed by atoms with Gasteiger partial charge in [-0.15, -0.1) is 11.3 Å². The molecule has 0 atom stereocenters. The second kappa shape index (κ2) is 9.76. The first kappa shape index (κ1) is 21.7. The zero-order valence-corrected chi connectivity index (χ0v) is 18.5. The summed E-state index contributed by atoms with van der Waals surface area (Å²) in [4.78, 5) is 45.5. The van der Waals surface area contributed by atoms with Crippen LogP contribution in [0.4, 0.5) is 5.13 Å². The number of hydrogen-bond acceptors (Lipinski definition) is 6. The van der Waals surface area contributed by atoms with E-state index < -0.39 is 0 Å². The molecule has 1 aliphatic carbocycles. The summed E-state index contributed by atoms with van der Waals surface area (Å²) in [5, 5.41) is 5.50. The Kier molecular flexibility index (Phi) is 6.84. The van der Waals surface area contributed by atoms with Crippen molar-refractivity contribution in [2.75, 3.05) is 38.2 Å². The molecule has 1 aromatic heterocycles. The minimum atomic E-state index is -0.311. The number of halogens is 1. The first-order valence-corrected chi connectivity index (χ1v) is 11.4. The third-order valence-electron chi connectivity index (χ3n) is 5.15. The summed E-state index contributed by atoms with van der Waals surface area (Å²) in [5.74, 6) is -0.500. The number of nitrogens with zero attached hydrogens (tertiary/aromatic N) is 3. The third kappa shape index (κ3) is 5.81. The summed E-state index contributed by atoms with van der Waals surface area (Å²) < 4.78 is 5.26. The van der Waals surface area contributed by atoms with Crippen LogP contribution in [0, 0.1) is 0 Å². The Balaban J connectivity index is 1.33. The smallest absolute Gasteiger partial charge is 0.254 e. The van der Waals surface area contributed by atoms with Crippen LogP contribution in [-0.4, -0.2) is 71.4 Å². The van der Waals surface area contributed by atoms with E-state index in [4.69, 9.17) is 16.3 Å². The molecule has 1 N–H and O–H groups in total. The number of morpholine rings is 1. The van der Waals surface area contributed by atoms with Crippen LogP contribution >= 0.6 is 22.9 Å². The van der Waals surface area contributed by atoms with E-state index in [1.807, 2.05) is 0 Å². The average molecular weight is 463 g/mol. The van der Waals surface area contributed by atoms with Crippen molar-refractivity contribution in [3.8, 4) is 0 Å². The van der Waals surface area contributed by atoms with Crippen LogP contribution in [0.3, 0.4) is 0 Å². The lowest BCUT2D eigenvalue weighted by Crippen LogP contribution is -2.41. The lowest BCUT2D eigenvalue weighted by atomic mass is 10.2. The summed E-state index contributed by atoms with van der Waals surface area (Å²) in [7, 11) is 0. The first-order valence-electron chi connectivity index (χ1n) is 10.2. The first-order chi connectivity index (χ1) is 15.0. The summed E-state index contributed by atoms with van der Waals surface area (Å²) in [6, 6.07) is 6.73. The van der Waals surface area contributed by atoms with Gasteiger partial charge < -0.3 is 19.9 Å². The molecule has 2 aliphatic rings. The molecule has 1 aromatic carbocycles. The molecule has 4 rings (SSSR count). The van der Waals surface area contributed by atoms with E-state index in [9.17, 15) is 14.4 Å². The highest BCUT2D eigenvalue weighted by atomic mass is 35.5. The van der Waals surface area contributed by atoms with Crippen molar-refractivity contribution in [3.63, 3.8) is 0 Å². The summed E-state index contributed by atoms with van der Waals surface area (Å²) in [5.41, 5.74) is 1.12. The monoisotopic (exact) mass is 462 g/mol. The highest BCUT2D eigenvalue weighted by molar-refractivity contribution is 7.13. The molecule has 31 heavy (non-hydrogen) atoms. The zero-order chi connectivity index (χ0) is 21.8. The molecule has 2 fully saturated rings. The Morgan fingerprint density at radius 3 is 2.58 bits per heavy atom. The topological polar surface area (TPSA) is 91.8 Å². The van der Waals surface area contributed by atoms with Gasteiger partial charge in [-0.05, 0) is 37.1 Å². The van der Waals surface area contributed by atoms with E-state index in [1.54, 1.807) is 39.4 Å². The molecule has 3 amide bonds. The van der Waals surface area contributed by atoms with Gasteiger partial charge in [0, 0.05) is 35.1 Å². The van der Waals surface area contributed by atoms with E-state index in [2.05, 4.69) is 10.3 Å². The van der Waals surface area contributed by atoms with Crippen LogP contribution < -0.4 is 5.32 Å². The normalized spacial score (nSPS) is 16.1. The molecule has 8 nitrogen and oxygen atoms in total. The fourth-order valence-electron chi connectivity index (χ4n) is 3.35. The standard InChI is InChI=1S/C21H23ClN4O4S/c22-15-3-1-14(2-4-15)20(29)26(17-5-6-17)12-18(27)24-21-23-16(13-31-21)11-19(28)25-7-9-30-10-8-25/h1-4,13,17H,5-12H2,(H,23,24,27). The molecular weight excluding hydrogens is 440 g/mol. The van der Waals surface area contributed by atoms with Gasteiger partial charge >= 0.3 is 0 Å². The maximum Gasteiger partial charge on any atom is 0.254 e. The quantitative estimate of drug-likeness (QED) is 0.682. The lowest BCUT2D eigenvalue weighted by molar-refractivity contribution is -0.134. The van der Waals surface area contributed by atoms with Gasteiger partial charge in [0.2, 0.25) is 11.8 Å². The van der Waals surface area contributed by atoms with Gasteiger partial charge in [-0.3, -0.25) is 14.4 Å². The molecule has 1 aliphatic heterocycles. The molecule has 2 aromatic rings. The second-order valence-electron chi connectivity index (χ2n) is 7.53. The Hall–Kier alpha value is -2.49. The Bertz CT molecular complexity index is 955. The van der Waals surface area contributed by atoms with Crippen molar-refractivity contribution in [1.29, 1.82) is 0 Å².